The molecule has 0 atom stereocenters. The highest BCUT2D eigenvalue weighted by atomic mass is 16.2. The maximum atomic E-state index is 12.4. The second kappa shape index (κ2) is 9.62. The van der Waals surface area contributed by atoms with Crippen molar-refractivity contribution < 1.29 is 9.59 Å². The summed E-state index contributed by atoms with van der Waals surface area (Å²) in [4.78, 5) is 24.3. The van der Waals surface area contributed by atoms with Crippen molar-refractivity contribution in [3.63, 3.8) is 0 Å². The number of rotatable bonds is 8. The molecular weight excluding hydrogens is 312 g/mol. The summed E-state index contributed by atoms with van der Waals surface area (Å²) >= 11 is 0. The van der Waals surface area contributed by atoms with Crippen LogP contribution in [0.3, 0.4) is 0 Å². The van der Waals surface area contributed by atoms with Gasteiger partial charge in [0.25, 0.3) is 5.91 Å². The van der Waals surface area contributed by atoms with E-state index in [9.17, 15) is 9.59 Å². The normalized spacial score (nSPS) is 10.5. The minimum absolute atomic E-state index is 0.0103. The van der Waals surface area contributed by atoms with Gasteiger partial charge in [-0.2, -0.15) is 0 Å². The van der Waals surface area contributed by atoms with Gasteiger partial charge >= 0.3 is 0 Å². The third-order valence-electron chi connectivity index (χ3n) is 3.88. The zero-order valence-corrected chi connectivity index (χ0v) is 14.9. The van der Waals surface area contributed by atoms with Gasteiger partial charge in [0, 0.05) is 12.1 Å². The Hall–Kier alpha value is -2.62. The molecule has 2 N–H and O–H groups in total. The lowest BCUT2D eigenvalue weighted by atomic mass is 9.97. The highest BCUT2D eigenvalue weighted by Crippen LogP contribution is 2.13. The van der Waals surface area contributed by atoms with Gasteiger partial charge in [-0.05, 0) is 36.0 Å². The number of nitrogens with one attached hydrogen (secondary N) is 2. The van der Waals surface area contributed by atoms with Gasteiger partial charge in [-0.1, -0.05) is 62.4 Å². The predicted molar refractivity (Wildman–Crippen MR) is 100 cm³/mol. The van der Waals surface area contributed by atoms with Crippen LogP contribution in [-0.4, -0.2) is 24.9 Å². The molecule has 2 rings (SSSR count). The predicted octanol–water partition coefficient (Wildman–Crippen LogP) is 2.97. The minimum atomic E-state index is -0.200. The molecule has 0 saturated carbocycles. The van der Waals surface area contributed by atoms with Crippen molar-refractivity contribution >= 4 is 11.8 Å². The second-order valence-corrected chi connectivity index (χ2v) is 6.52. The average molecular weight is 338 g/mol. The van der Waals surface area contributed by atoms with Crippen LogP contribution >= 0.6 is 0 Å². The van der Waals surface area contributed by atoms with Crippen molar-refractivity contribution in [3.05, 3.63) is 71.3 Å². The van der Waals surface area contributed by atoms with E-state index >= 15 is 0 Å². The molecule has 0 saturated heterocycles. The summed E-state index contributed by atoms with van der Waals surface area (Å²) < 4.78 is 0. The SMILES string of the molecule is CC(C)Cc1ccccc1C(=O)NCC(=O)NCCc1ccccc1. The molecule has 4 nitrogen and oxygen atoms in total. The fourth-order valence-electron chi connectivity index (χ4n) is 2.67. The molecule has 2 amide bonds. The summed E-state index contributed by atoms with van der Waals surface area (Å²) in [6, 6.07) is 17.5. The molecule has 25 heavy (non-hydrogen) atoms. The molecule has 4 heteroatoms. The molecule has 2 aromatic carbocycles. The van der Waals surface area contributed by atoms with Crippen molar-refractivity contribution in [2.75, 3.05) is 13.1 Å². The van der Waals surface area contributed by atoms with Crippen LogP contribution in [0.5, 0.6) is 0 Å². The lowest BCUT2D eigenvalue weighted by molar-refractivity contribution is -0.120. The molecule has 0 unspecified atom stereocenters. The van der Waals surface area contributed by atoms with Crippen LogP contribution in [0.1, 0.15) is 35.3 Å². The highest BCUT2D eigenvalue weighted by Gasteiger charge is 2.12. The van der Waals surface area contributed by atoms with Gasteiger partial charge in [0.1, 0.15) is 0 Å². The van der Waals surface area contributed by atoms with Crippen molar-refractivity contribution in [2.45, 2.75) is 26.7 Å². The first-order chi connectivity index (χ1) is 12.1. The first kappa shape index (κ1) is 18.7. The lowest BCUT2D eigenvalue weighted by Crippen LogP contribution is -2.38. The van der Waals surface area contributed by atoms with Crippen LogP contribution in [0.25, 0.3) is 0 Å². The highest BCUT2D eigenvalue weighted by molar-refractivity contribution is 5.97. The van der Waals surface area contributed by atoms with E-state index in [1.165, 1.54) is 5.56 Å². The summed E-state index contributed by atoms with van der Waals surface area (Å²) in [6.45, 7) is 4.79. The van der Waals surface area contributed by atoms with Crippen LogP contribution in [0, 0.1) is 5.92 Å². The van der Waals surface area contributed by atoms with Gasteiger partial charge in [0.15, 0.2) is 0 Å². The summed E-state index contributed by atoms with van der Waals surface area (Å²) in [6.07, 6.45) is 1.62. The Morgan fingerprint density at radius 1 is 0.920 bits per heavy atom. The van der Waals surface area contributed by atoms with Crippen LogP contribution in [0.2, 0.25) is 0 Å². The Bertz CT molecular complexity index is 696. The molecule has 2 aromatic rings. The number of carbonyl (C=O) groups is 2. The summed E-state index contributed by atoms with van der Waals surface area (Å²) in [5.74, 6) is 0.0929. The summed E-state index contributed by atoms with van der Waals surface area (Å²) in [5.41, 5.74) is 2.84. The van der Waals surface area contributed by atoms with Crippen molar-refractivity contribution in [1.82, 2.24) is 10.6 Å². The number of benzene rings is 2. The monoisotopic (exact) mass is 338 g/mol. The largest absolute Gasteiger partial charge is 0.354 e. The van der Waals surface area contributed by atoms with Gasteiger partial charge in [-0.15, -0.1) is 0 Å². The summed E-state index contributed by atoms with van der Waals surface area (Å²) in [5, 5.41) is 5.54. The molecule has 0 radical (unpaired) electrons. The Morgan fingerprint density at radius 3 is 2.32 bits per heavy atom. The molecule has 0 aliphatic rings. The average Bonchev–Trinajstić information content (AvgIpc) is 2.60. The Kier molecular flexibility index (Phi) is 7.20. The van der Waals surface area contributed by atoms with E-state index in [4.69, 9.17) is 0 Å². The van der Waals surface area contributed by atoms with Crippen LogP contribution < -0.4 is 10.6 Å². The fourth-order valence-corrected chi connectivity index (χ4v) is 2.67. The molecule has 132 valence electrons. The standard InChI is InChI=1S/C21H26N2O2/c1-16(2)14-18-10-6-7-11-19(18)21(25)23-15-20(24)22-13-12-17-8-4-3-5-9-17/h3-11,16H,12-15H2,1-2H3,(H,22,24)(H,23,25). The van der Waals surface area contributed by atoms with Gasteiger partial charge in [-0.3, -0.25) is 9.59 Å². The number of amides is 2. The molecule has 0 aliphatic heterocycles. The van der Waals surface area contributed by atoms with E-state index < -0.39 is 0 Å². The van der Waals surface area contributed by atoms with E-state index in [0.717, 1.165) is 18.4 Å². The minimum Gasteiger partial charge on any atom is -0.354 e. The molecule has 0 spiro atoms. The van der Waals surface area contributed by atoms with E-state index in [1.54, 1.807) is 6.07 Å². The van der Waals surface area contributed by atoms with E-state index in [0.29, 0.717) is 18.0 Å². The molecule has 0 aliphatic carbocycles. The van der Waals surface area contributed by atoms with Gasteiger partial charge < -0.3 is 10.6 Å². The Balaban J connectivity index is 1.78. The molecule has 0 heterocycles. The molecular formula is C21H26N2O2. The number of carbonyl (C=O) groups excluding carboxylic acids is 2. The number of hydrogen-bond donors (Lipinski definition) is 2. The molecule has 0 bridgehead atoms. The van der Waals surface area contributed by atoms with Gasteiger partial charge in [0.05, 0.1) is 6.54 Å². The van der Waals surface area contributed by atoms with Gasteiger partial charge in [-0.25, -0.2) is 0 Å². The van der Waals surface area contributed by atoms with Gasteiger partial charge in [0.2, 0.25) is 5.91 Å². The first-order valence-electron chi connectivity index (χ1n) is 8.73. The lowest BCUT2D eigenvalue weighted by Gasteiger charge is -2.12. The third kappa shape index (κ3) is 6.42. The van der Waals surface area contributed by atoms with Crippen molar-refractivity contribution in [1.29, 1.82) is 0 Å². The van der Waals surface area contributed by atoms with E-state index in [-0.39, 0.29) is 18.4 Å². The smallest absolute Gasteiger partial charge is 0.251 e. The zero-order chi connectivity index (χ0) is 18.1. The summed E-state index contributed by atoms with van der Waals surface area (Å²) in [7, 11) is 0. The second-order valence-electron chi connectivity index (χ2n) is 6.52. The number of hydrogen-bond acceptors (Lipinski definition) is 2. The third-order valence-corrected chi connectivity index (χ3v) is 3.88. The van der Waals surface area contributed by atoms with Crippen molar-refractivity contribution in [2.24, 2.45) is 5.92 Å². The first-order valence-corrected chi connectivity index (χ1v) is 8.73. The van der Waals surface area contributed by atoms with E-state index in [2.05, 4.69) is 24.5 Å². The zero-order valence-electron chi connectivity index (χ0n) is 14.9. The maximum Gasteiger partial charge on any atom is 0.251 e. The Labute approximate surface area is 149 Å². The Morgan fingerprint density at radius 2 is 1.60 bits per heavy atom. The van der Waals surface area contributed by atoms with Crippen LogP contribution in [0.15, 0.2) is 54.6 Å². The fraction of sp³-hybridized carbons (Fsp3) is 0.333. The van der Waals surface area contributed by atoms with Crippen LogP contribution in [0.4, 0.5) is 0 Å². The quantitative estimate of drug-likeness (QED) is 0.777. The topological polar surface area (TPSA) is 58.2 Å². The maximum absolute atomic E-state index is 12.4. The van der Waals surface area contributed by atoms with E-state index in [1.807, 2.05) is 48.5 Å². The molecule has 0 fully saturated rings. The van der Waals surface area contributed by atoms with Crippen molar-refractivity contribution in [3.8, 4) is 0 Å². The molecule has 0 aromatic heterocycles. The van der Waals surface area contributed by atoms with Crippen LogP contribution in [-0.2, 0) is 17.6 Å².